The lowest BCUT2D eigenvalue weighted by atomic mass is 9.87. The van der Waals surface area contributed by atoms with Crippen LogP contribution >= 0.6 is 0 Å². The highest BCUT2D eigenvalue weighted by atomic mass is 16.3. The van der Waals surface area contributed by atoms with Crippen molar-refractivity contribution in [2.75, 3.05) is 6.61 Å². The minimum atomic E-state index is 0.0801. The number of aliphatic hydroxyl groups is 1. The summed E-state index contributed by atoms with van der Waals surface area (Å²) in [5.41, 5.74) is 4.57. The van der Waals surface area contributed by atoms with Gasteiger partial charge in [-0.05, 0) is 18.4 Å². The lowest BCUT2D eigenvalue weighted by Gasteiger charge is -2.20. The van der Waals surface area contributed by atoms with Gasteiger partial charge in [-0.15, -0.1) is 0 Å². The number of aromatic nitrogens is 2. The maximum Gasteiger partial charge on any atom is 0.140 e. The van der Waals surface area contributed by atoms with E-state index < -0.39 is 0 Å². The third kappa shape index (κ3) is 2.07. The first-order valence-corrected chi connectivity index (χ1v) is 6.02. The van der Waals surface area contributed by atoms with Crippen molar-refractivity contribution < 1.29 is 5.11 Å². The first kappa shape index (κ1) is 12.1. The second kappa shape index (κ2) is 4.15. The fraction of sp³-hybridized carbons (Fsp3) is 0.500. The molecule has 17 heavy (non-hydrogen) atoms. The minimum absolute atomic E-state index is 0.0801. The Hall–Kier alpha value is -1.35. The van der Waals surface area contributed by atoms with E-state index in [-0.39, 0.29) is 12.0 Å². The molecule has 2 aromatic heterocycles. The number of aryl methyl sites for hydroxylation is 1. The number of pyridine rings is 1. The van der Waals surface area contributed by atoms with Crippen LogP contribution in [0.4, 0.5) is 0 Å². The molecule has 0 radical (unpaired) electrons. The second-order valence-electron chi connectivity index (χ2n) is 5.52. The average Bonchev–Trinajstić information content (AvgIpc) is 2.62. The second-order valence-corrected chi connectivity index (χ2v) is 5.52. The van der Waals surface area contributed by atoms with E-state index in [1.54, 1.807) is 0 Å². The Morgan fingerprint density at radius 2 is 2.00 bits per heavy atom. The van der Waals surface area contributed by atoms with Gasteiger partial charge in [0.2, 0.25) is 0 Å². The van der Waals surface area contributed by atoms with Gasteiger partial charge in [-0.3, -0.25) is 0 Å². The largest absolute Gasteiger partial charge is 0.396 e. The summed E-state index contributed by atoms with van der Waals surface area (Å²) in [6.45, 7) is 8.81. The Morgan fingerprint density at radius 1 is 1.29 bits per heavy atom. The van der Waals surface area contributed by atoms with Crippen LogP contribution in [-0.4, -0.2) is 21.1 Å². The molecule has 92 valence electrons. The smallest absolute Gasteiger partial charge is 0.140 e. The summed E-state index contributed by atoms with van der Waals surface area (Å²) in [4.78, 5) is 4.52. The van der Waals surface area contributed by atoms with Gasteiger partial charge in [0.1, 0.15) is 5.65 Å². The van der Waals surface area contributed by atoms with E-state index in [0.29, 0.717) is 6.42 Å². The molecule has 0 saturated heterocycles. The molecule has 0 atom stereocenters. The molecular formula is C14H20N2O. The Balaban J connectivity index is 2.71. The highest BCUT2D eigenvalue weighted by Crippen LogP contribution is 2.27. The molecule has 2 aromatic rings. The minimum Gasteiger partial charge on any atom is -0.396 e. The van der Waals surface area contributed by atoms with Gasteiger partial charge in [-0.1, -0.05) is 26.8 Å². The molecule has 0 aromatic carbocycles. The van der Waals surface area contributed by atoms with Gasteiger partial charge in [-0.2, -0.15) is 0 Å². The number of hydrogen-bond acceptors (Lipinski definition) is 2. The van der Waals surface area contributed by atoms with Crippen LogP contribution in [0.2, 0.25) is 0 Å². The van der Waals surface area contributed by atoms with Crippen LogP contribution in [0.15, 0.2) is 18.3 Å². The van der Waals surface area contributed by atoms with E-state index in [0.717, 1.165) is 17.0 Å². The van der Waals surface area contributed by atoms with Crippen molar-refractivity contribution >= 4 is 5.65 Å². The molecule has 0 aliphatic rings. The van der Waals surface area contributed by atoms with Gasteiger partial charge in [0.25, 0.3) is 0 Å². The molecule has 0 fully saturated rings. The van der Waals surface area contributed by atoms with Gasteiger partial charge in [0.05, 0.1) is 0 Å². The third-order valence-electron chi connectivity index (χ3n) is 3.10. The van der Waals surface area contributed by atoms with Crippen molar-refractivity contribution in [2.24, 2.45) is 0 Å². The first-order chi connectivity index (χ1) is 7.95. The van der Waals surface area contributed by atoms with E-state index in [1.807, 2.05) is 6.20 Å². The molecule has 1 N–H and O–H groups in total. The van der Waals surface area contributed by atoms with Crippen molar-refractivity contribution in [1.82, 2.24) is 9.38 Å². The van der Waals surface area contributed by atoms with Crippen molar-refractivity contribution in [3.05, 3.63) is 35.3 Å². The van der Waals surface area contributed by atoms with E-state index in [9.17, 15) is 0 Å². The highest BCUT2D eigenvalue weighted by Gasteiger charge is 2.19. The maximum atomic E-state index is 9.08. The quantitative estimate of drug-likeness (QED) is 0.863. The van der Waals surface area contributed by atoms with Gasteiger partial charge in [0.15, 0.2) is 0 Å². The predicted octanol–water partition coefficient (Wildman–Crippen LogP) is 2.48. The zero-order chi connectivity index (χ0) is 12.6. The van der Waals surface area contributed by atoms with Crippen molar-refractivity contribution in [2.45, 2.75) is 39.5 Å². The fourth-order valence-corrected chi connectivity index (χ4v) is 2.20. The van der Waals surface area contributed by atoms with Crippen molar-refractivity contribution in [1.29, 1.82) is 0 Å². The topological polar surface area (TPSA) is 37.5 Å². The lowest BCUT2D eigenvalue weighted by Crippen LogP contribution is -2.14. The fourth-order valence-electron chi connectivity index (χ4n) is 2.20. The molecule has 0 bridgehead atoms. The Morgan fingerprint density at radius 3 is 2.59 bits per heavy atom. The molecule has 0 unspecified atom stereocenters. The number of rotatable bonds is 2. The summed E-state index contributed by atoms with van der Waals surface area (Å²) in [5.74, 6) is 0. The summed E-state index contributed by atoms with van der Waals surface area (Å²) in [6, 6.07) is 4.27. The van der Waals surface area contributed by atoms with Gasteiger partial charge in [-0.25, -0.2) is 4.98 Å². The number of nitrogens with zero attached hydrogens (tertiary/aromatic N) is 2. The molecule has 3 heteroatoms. The Kier molecular flexibility index (Phi) is 2.96. The van der Waals surface area contributed by atoms with E-state index in [2.05, 4.69) is 49.2 Å². The number of aliphatic hydroxyl groups excluding tert-OH is 1. The van der Waals surface area contributed by atoms with Crippen LogP contribution in [0.5, 0.6) is 0 Å². The average molecular weight is 232 g/mol. The molecule has 2 heterocycles. The summed E-state index contributed by atoms with van der Waals surface area (Å²) >= 11 is 0. The number of imidazole rings is 1. The van der Waals surface area contributed by atoms with Crippen LogP contribution in [-0.2, 0) is 11.8 Å². The molecule has 0 saturated carbocycles. The van der Waals surface area contributed by atoms with E-state index >= 15 is 0 Å². The Bertz CT molecular complexity index is 535. The van der Waals surface area contributed by atoms with Crippen LogP contribution in [0.25, 0.3) is 5.65 Å². The monoisotopic (exact) mass is 232 g/mol. The lowest BCUT2D eigenvalue weighted by molar-refractivity contribution is 0.298. The van der Waals surface area contributed by atoms with Gasteiger partial charge in [0, 0.05) is 36.2 Å². The zero-order valence-electron chi connectivity index (χ0n) is 11.0. The standard InChI is InChI=1S/C14H20N2O/c1-10-5-6-12(14(2,3)4)13-15-9-11(7-8-17)16(10)13/h5-6,9,17H,7-8H2,1-4H3. The number of fused-ring (bicyclic) bond motifs is 1. The molecular weight excluding hydrogens is 212 g/mol. The summed E-state index contributed by atoms with van der Waals surface area (Å²) in [7, 11) is 0. The van der Waals surface area contributed by atoms with Gasteiger partial charge < -0.3 is 9.51 Å². The van der Waals surface area contributed by atoms with Crippen LogP contribution < -0.4 is 0 Å². The number of hydrogen-bond donors (Lipinski definition) is 1. The SMILES string of the molecule is Cc1ccc(C(C)(C)C)c2ncc(CCO)n12. The van der Waals surface area contributed by atoms with Gasteiger partial charge >= 0.3 is 0 Å². The summed E-state index contributed by atoms with van der Waals surface area (Å²) < 4.78 is 2.15. The normalized spacial score (nSPS) is 12.3. The predicted molar refractivity (Wildman–Crippen MR) is 69.4 cm³/mol. The van der Waals surface area contributed by atoms with Crippen molar-refractivity contribution in [3.8, 4) is 0 Å². The maximum absolute atomic E-state index is 9.08. The summed E-state index contributed by atoms with van der Waals surface area (Å²) in [5, 5.41) is 9.08. The van der Waals surface area contributed by atoms with Crippen LogP contribution in [0.3, 0.4) is 0 Å². The van der Waals surface area contributed by atoms with E-state index in [1.165, 1.54) is 5.56 Å². The zero-order valence-corrected chi connectivity index (χ0v) is 11.0. The molecule has 2 rings (SSSR count). The molecule has 0 aliphatic carbocycles. The van der Waals surface area contributed by atoms with E-state index in [4.69, 9.17) is 5.11 Å². The molecule has 0 aliphatic heterocycles. The third-order valence-corrected chi connectivity index (χ3v) is 3.10. The molecule has 0 amide bonds. The van der Waals surface area contributed by atoms with Crippen molar-refractivity contribution in [3.63, 3.8) is 0 Å². The van der Waals surface area contributed by atoms with Crippen LogP contribution in [0, 0.1) is 6.92 Å². The first-order valence-electron chi connectivity index (χ1n) is 6.02. The van der Waals surface area contributed by atoms with Crippen LogP contribution in [0.1, 0.15) is 37.7 Å². The highest BCUT2D eigenvalue weighted by molar-refractivity contribution is 5.54. The Labute approximate surface area is 102 Å². The molecule has 0 spiro atoms. The summed E-state index contributed by atoms with van der Waals surface area (Å²) in [6.07, 6.45) is 2.52. The molecule has 3 nitrogen and oxygen atoms in total.